The maximum Gasteiger partial charge on any atom is 0.274 e. The van der Waals surface area contributed by atoms with E-state index >= 15 is 0 Å². The zero-order valence-electron chi connectivity index (χ0n) is 13.9. The first-order chi connectivity index (χ1) is 12.0. The van der Waals surface area contributed by atoms with Crippen LogP contribution < -0.4 is 10.6 Å². The van der Waals surface area contributed by atoms with Gasteiger partial charge in [0.25, 0.3) is 5.91 Å². The summed E-state index contributed by atoms with van der Waals surface area (Å²) in [7, 11) is 0. The Kier molecular flexibility index (Phi) is 4.70. The second-order valence-corrected chi connectivity index (χ2v) is 5.62. The number of hydrogen-bond acceptors (Lipinski definition) is 4. The van der Waals surface area contributed by atoms with Gasteiger partial charge in [0, 0.05) is 17.4 Å². The highest BCUT2D eigenvalue weighted by atomic mass is 19.1. The lowest BCUT2D eigenvalue weighted by Crippen LogP contribution is -2.14. The van der Waals surface area contributed by atoms with Gasteiger partial charge in [0.15, 0.2) is 0 Å². The van der Waals surface area contributed by atoms with E-state index in [4.69, 9.17) is 0 Å². The van der Waals surface area contributed by atoms with Crippen molar-refractivity contribution in [2.24, 2.45) is 0 Å². The number of anilines is 3. The van der Waals surface area contributed by atoms with E-state index in [2.05, 4.69) is 20.6 Å². The normalized spacial score (nSPS) is 10.4. The Bertz CT molecular complexity index is 910. The van der Waals surface area contributed by atoms with E-state index in [-0.39, 0.29) is 11.5 Å². The molecule has 0 atom stereocenters. The monoisotopic (exact) mass is 336 g/mol. The molecule has 0 aliphatic rings. The van der Waals surface area contributed by atoms with Gasteiger partial charge in [0.1, 0.15) is 23.7 Å². The lowest BCUT2D eigenvalue weighted by atomic mass is 10.1. The van der Waals surface area contributed by atoms with Gasteiger partial charge < -0.3 is 10.6 Å². The number of nitrogens with zero attached hydrogens (tertiary/aromatic N) is 2. The van der Waals surface area contributed by atoms with Crippen LogP contribution in [0.2, 0.25) is 0 Å². The summed E-state index contributed by atoms with van der Waals surface area (Å²) in [6.45, 7) is 4.04. The van der Waals surface area contributed by atoms with Gasteiger partial charge >= 0.3 is 0 Å². The van der Waals surface area contributed by atoms with E-state index in [1.54, 1.807) is 6.07 Å². The Morgan fingerprint density at radius 3 is 2.56 bits per heavy atom. The van der Waals surface area contributed by atoms with Crippen LogP contribution in [0.5, 0.6) is 0 Å². The molecule has 1 heterocycles. The number of aryl methyl sites for hydroxylation is 1. The molecule has 0 spiro atoms. The predicted octanol–water partition coefficient (Wildman–Crippen LogP) is 4.23. The van der Waals surface area contributed by atoms with Gasteiger partial charge in [-0.1, -0.05) is 12.1 Å². The van der Waals surface area contributed by atoms with Crippen LogP contribution in [0.4, 0.5) is 21.6 Å². The SMILES string of the molecule is Cc1cccc(Nc2cc(C(=O)Nc3ccc(F)cc3)ncn2)c1C. The molecule has 0 fully saturated rings. The average molecular weight is 336 g/mol. The zero-order chi connectivity index (χ0) is 17.8. The van der Waals surface area contributed by atoms with Gasteiger partial charge in [-0.15, -0.1) is 0 Å². The molecule has 0 unspecified atom stereocenters. The van der Waals surface area contributed by atoms with E-state index in [1.807, 2.05) is 32.0 Å². The number of rotatable bonds is 4. The van der Waals surface area contributed by atoms with Crippen molar-refractivity contribution < 1.29 is 9.18 Å². The molecule has 0 aliphatic heterocycles. The van der Waals surface area contributed by atoms with E-state index in [1.165, 1.54) is 30.6 Å². The molecule has 1 amide bonds. The van der Waals surface area contributed by atoms with Gasteiger partial charge in [0.2, 0.25) is 0 Å². The summed E-state index contributed by atoms with van der Waals surface area (Å²) in [6.07, 6.45) is 1.33. The summed E-state index contributed by atoms with van der Waals surface area (Å²) in [6, 6.07) is 13.0. The number of carbonyl (C=O) groups excluding carboxylic acids is 1. The molecule has 1 aromatic heterocycles. The summed E-state index contributed by atoms with van der Waals surface area (Å²) in [5.41, 5.74) is 3.90. The average Bonchev–Trinajstić information content (AvgIpc) is 2.61. The van der Waals surface area contributed by atoms with Crippen molar-refractivity contribution in [2.75, 3.05) is 10.6 Å². The third kappa shape index (κ3) is 3.98. The number of nitrogens with one attached hydrogen (secondary N) is 2. The molecule has 3 rings (SSSR count). The fourth-order valence-electron chi connectivity index (χ4n) is 2.30. The minimum Gasteiger partial charge on any atom is -0.340 e. The quantitative estimate of drug-likeness (QED) is 0.748. The second-order valence-electron chi connectivity index (χ2n) is 5.62. The van der Waals surface area contributed by atoms with Crippen LogP contribution in [0.25, 0.3) is 0 Å². The highest BCUT2D eigenvalue weighted by Crippen LogP contribution is 2.22. The molecule has 0 aliphatic carbocycles. The van der Waals surface area contributed by atoms with Crippen molar-refractivity contribution in [3.05, 3.63) is 77.5 Å². The number of halogens is 1. The first kappa shape index (κ1) is 16.6. The van der Waals surface area contributed by atoms with Crippen LogP contribution in [-0.4, -0.2) is 15.9 Å². The Hall–Kier alpha value is -3.28. The number of carbonyl (C=O) groups is 1. The molecule has 126 valence electrons. The summed E-state index contributed by atoms with van der Waals surface area (Å²) in [4.78, 5) is 20.5. The summed E-state index contributed by atoms with van der Waals surface area (Å²) in [5.74, 6) is -0.231. The topological polar surface area (TPSA) is 66.9 Å². The van der Waals surface area contributed by atoms with Crippen LogP contribution >= 0.6 is 0 Å². The van der Waals surface area contributed by atoms with Crippen molar-refractivity contribution in [3.63, 3.8) is 0 Å². The van der Waals surface area contributed by atoms with Crippen molar-refractivity contribution in [1.29, 1.82) is 0 Å². The Morgan fingerprint density at radius 1 is 1.04 bits per heavy atom. The number of amides is 1. The van der Waals surface area contributed by atoms with Crippen molar-refractivity contribution in [2.45, 2.75) is 13.8 Å². The molecular formula is C19H17FN4O. The summed E-state index contributed by atoms with van der Waals surface area (Å²) < 4.78 is 12.9. The maximum atomic E-state index is 12.9. The summed E-state index contributed by atoms with van der Waals surface area (Å²) in [5, 5.41) is 5.87. The van der Waals surface area contributed by atoms with E-state index in [0.717, 1.165) is 16.8 Å². The van der Waals surface area contributed by atoms with Gasteiger partial charge in [-0.3, -0.25) is 4.79 Å². The molecule has 6 heteroatoms. The first-order valence-electron chi connectivity index (χ1n) is 7.75. The zero-order valence-corrected chi connectivity index (χ0v) is 13.9. The minimum absolute atomic E-state index is 0.215. The van der Waals surface area contributed by atoms with Crippen molar-refractivity contribution >= 4 is 23.1 Å². The molecule has 0 bridgehead atoms. The second kappa shape index (κ2) is 7.09. The first-order valence-corrected chi connectivity index (χ1v) is 7.75. The molecule has 2 N–H and O–H groups in total. The highest BCUT2D eigenvalue weighted by molar-refractivity contribution is 6.03. The molecule has 0 radical (unpaired) electrons. The maximum absolute atomic E-state index is 12.9. The molecule has 3 aromatic rings. The van der Waals surface area contributed by atoms with Gasteiger partial charge in [-0.25, -0.2) is 14.4 Å². The Balaban J connectivity index is 1.77. The fraction of sp³-hybridized carbons (Fsp3) is 0.105. The van der Waals surface area contributed by atoms with Gasteiger partial charge in [-0.2, -0.15) is 0 Å². The largest absolute Gasteiger partial charge is 0.340 e. The third-order valence-corrected chi connectivity index (χ3v) is 3.87. The summed E-state index contributed by atoms with van der Waals surface area (Å²) >= 11 is 0. The molecule has 2 aromatic carbocycles. The van der Waals surface area contributed by atoms with Crippen LogP contribution in [0.15, 0.2) is 54.9 Å². The Morgan fingerprint density at radius 2 is 1.80 bits per heavy atom. The standard InChI is InChI=1S/C19H17FN4O/c1-12-4-3-5-16(13(12)2)24-18-10-17(21-11-22-18)19(25)23-15-8-6-14(20)7-9-15/h3-11H,1-2H3,(H,23,25)(H,21,22,24). The van der Waals surface area contributed by atoms with Crippen LogP contribution in [0.1, 0.15) is 21.6 Å². The molecular weight excluding hydrogens is 319 g/mol. The van der Waals surface area contributed by atoms with Crippen LogP contribution in [0, 0.1) is 19.7 Å². The van der Waals surface area contributed by atoms with Gasteiger partial charge in [0.05, 0.1) is 0 Å². The van der Waals surface area contributed by atoms with Crippen molar-refractivity contribution in [1.82, 2.24) is 9.97 Å². The van der Waals surface area contributed by atoms with Crippen molar-refractivity contribution in [3.8, 4) is 0 Å². The Labute approximate surface area is 145 Å². The van der Waals surface area contributed by atoms with Crippen LogP contribution in [0.3, 0.4) is 0 Å². The van der Waals surface area contributed by atoms with E-state index < -0.39 is 5.91 Å². The minimum atomic E-state index is -0.391. The number of aromatic nitrogens is 2. The van der Waals surface area contributed by atoms with Gasteiger partial charge in [-0.05, 0) is 55.3 Å². The van der Waals surface area contributed by atoms with E-state index in [0.29, 0.717) is 11.5 Å². The smallest absolute Gasteiger partial charge is 0.274 e. The molecule has 0 saturated carbocycles. The number of hydrogen-bond donors (Lipinski definition) is 2. The lowest BCUT2D eigenvalue weighted by molar-refractivity contribution is 0.102. The molecule has 5 nitrogen and oxygen atoms in total. The molecule has 25 heavy (non-hydrogen) atoms. The lowest BCUT2D eigenvalue weighted by Gasteiger charge is -2.11. The highest BCUT2D eigenvalue weighted by Gasteiger charge is 2.10. The number of benzene rings is 2. The molecule has 0 saturated heterocycles. The predicted molar refractivity (Wildman–Crippen MR) is 95.6 cm³/mol. The fourth-order valence-corrected chi connectivity index (χ4v) is 2.30. The van der Waals surface area contributed by atoms with E-state index in [9.17, 15) is 9.18 Å². The van der Waals surface area contributed by atoms with Crippen LogP contribution in [-0.2, 0) is 0 Å². The third-order valence-electron chi connectivity index (χ3n) is 3.87.